The van der Waals surface area contributed by atoms with Gasteiger partial charge in [-0.2, -0.15) is 0 Å². The molecule has 12 heteroatoms. The number of non-ortho nitro benzene ring substituents is 2. The van der Waals surface area contributed by atoms with E-state index in [2.05, 4.69) is 5.32 Å². The first-order valence-electron chi connectivity index (χ1n) is 11.3. The van der Waals surface area contributed by atoms with Crippen LogP contribution in [0.15, 0.2) is 66.7 Å². The number of amides is 2. The van der Waals surface area contributed by atoms with Crippen molar-refractivity contribution >= 4 is 34.6 Å². The third-order valence-electron chi connectivity index (χ3n) is 5.55. The van der Waals surface area contributed by atoms with E-state index in [4.69, 9.17) is 9.47 Å². The fraction of sp³-hybridized carbons (Fsp3) is 0.200. The third kappa shape index (κ3) is 5.81. The fourth-order valence-electron chi connectivity index (χ4n) is 3.79. The Kier molecular flexibility index (Phi) is 7.28. The van der Waals surface area contributed by atoms with Gasteiger partial charge in [0.2, 0.25) is 0 Å². The maximum atomic E-state index is 12.9. The molecule has 0 spiro atoms. The minimum Gasteiger partial charge on any atom is -0.494 e. The van der Waals surface area contributed by atoms with Crippen molar-refractivity contribution < 1.29 is 28.9 Å². The van der Waals surface area contributed by atoms with E-state index in [-0.39, 0.29) is 17.2 Å². The number of nitro groups is 2. The Morgan fingerprint density at radius 1 is 1.03 bits per heavy atom. The Balaban J connectivity index is 1.52. The highest BCUT2D eigenvalue weighted by molar-refractivity contribution is 6.06. The van der Waals surface area contributed by atoms with Crippen molar-refractivity contribution in [3.8, 4) is 11.5 Å². The zero-order valence-electron chi connectivity index (χ0n) is 19.7. The molecule has 1 atom stereocenters. The molecule has 3 aromatic carbocycles. The van der Waals surface area contributed by atoms with Crippen LogP contribution >= 0.6 is 0 Å². The number of fused-ring (bicyclic) bond motifs is 1. The number of para-hydroxylation sites is 1. The van der Waals surface area contributed by atoms with E-state index in [1.807, 2.05) is 30.3 Å². The molecule has 1 heterocycles. The lowest BCUT2D eigenvalue weighted by atomic mass is 10.1. The molecule has 0 aromatic heterocycles. The molecular weight excluding hydrogens is 484 g/mol. The molecule has 3 aromatic rings. The maximum Gasteiger partial charge on any atom is 0.277 e. The molecule has 0 aliphatic carbocycles. The van der Waals surface area contributed by atoms with E-state index in [0.29, 0.717) is 31.0 Å². The molecular formula is C25H22N4O8. The van der Waals surface area contributed by atoms with Gasteiger partial charge in [-0.25, -0.2) is 0 Å². The average molecular weight is 506 g/mol. The summed E-state index contributed by atoms with van der Waals surface area (Å²) in [7, 11) is 0. The van der Waals surface area contributed by atoms with Crippen molar-refractivity contribution in [2.24, 2.45) is 0 Å². The average Bonchev–Trinajstić information content (AvgIpc) is 2.89. The van der Waals surface area contributed by atoms with Crippen LogP contribution in [0.3, 0.4) is 0 Å². The third-order valence-corrected chi connectivity index (χ3v) is 5.55. The summed E-state index contributed by atoms with van der Waals surface area (Å²) < 4.78 is 11.4. The van der Waals surface area contributed by atoms with Crippen LogP contribution in [0.25, 0.3) is 0 Å². The summed E-state index contributed by atoms with van der Waals surface area (Å²) in [6.45, 7) is 2.35. The van der Waals surface area contributed by atoms with Gasteiger partial charge in [-0.1, -0.05) is 18.2 Å². The van der Waals surface area contributed by atoms with E-state index < -0.39 is 33.2 Å². The van der Waals surface area contributed by atoms with E-state index in [9.17, 15) is 29.8 Å². The highest BCUT2D eigenvalue weighted by Crippen LogP contribution is 2.36. The summed E-state index contributed by atoms with van der Waals surface area (Å²) in [5, 5.41) is 24.9. The number of nitrogens with zero attached hydrogens (tertiary/aromatic N) is 3. The van der Waals surface area contributed by atoms with Crippen LogP contribution in [0.2, 0.25) is 0 Å². The first kappa shape index (κ1) is 25.1. The molecule has 1 N–H and O–H groups in total. The second-order valence-corrected chi connectivity index (χ2v) is 8.15. The first-order valence-corrected chi connectivity index (χ1v) is 11.3. The van der Waals surface area contributed by atoms with Crippen LogP contribution in [-0.4, -0.2) is 40.9 Å². The summed E-state index contributed by atoms with van der Waals surface area (Å²) in [6.07, 6.45) is -0.172. The lowest BCUT2D eigenvalue weighted by molar-refractivity contribution is -0.394. The minimum absolute atomic E-state index is 0.255. The molecule has 2 amide bonds. The van der Waals surface area contributed by atoms with Gasteiger partial charge in [0, 0.05) is 24.4 Å². The number of nitro benzene ring substituents is 2. The smallest absolute Gasteiger partial charge is 0.277 e. The highest BCUT2D eigenvalue weighted by Gasteiger charge is 2.31. The predicted molar refractivity (Wildman–Crippen MR) is 133 cm³/mol. The number of anilines is 2. The van der Waals surface area contributed by atoms with Crippen LogP contribution in [-0.2, 0) is 4.79 Å². The van der Waals surface area contributed by atoms with Gasteiger partial charge in [0.1, 0.15) is 11.5 Å². The number of nitrogens with one attached hydrogen (secondary N) is 1. The van der Waals surface area contributed by atoms with E-state index in [1.165, 1.54) is 0 Å². The van der Waals surface area contributed by atoms with Gasteiger partial charge >= 0.3 is 0 Å². The quantitative estimate of drug-likeness (QED) is 0.255. The SMILES string of the molecule is CC1Oc2ccc(NC(=O)c3cc([N+](=O)[O-])cc([N+](=O)[O-])c3)cc2N(CCCOc2ccccc2)C1=O. The zero-order valence-corrected chi connectivity index (χ0v) is 19.7. The number of hydrogen-bond donors (Lipinski definition) is 1. The van der Waals surface area contributed by atoms with Crippen LogP contribution < -0.4 is 19.7 Å². The molecule has 0 saturated carbocycles. The van der Waals surface area contributed by atoms with E-state index >= 15 is 0 Å². The molecule has 37 heavy (non-hydrogen) atoms. The molecule has 1 unspecified atom stereocenters. The monoisotopic (exact) mass is 506 g/mol. The van der Waals surface area contributed by atoms with E-state index in [0.717, 1.165) is 23.9 Å². The Morgan fingerprint density at radius 2 is 1.70 bits per heavy atom. The molecule has 12 nitrogen and oxygen atoms in total. The Labute approximate surface area is 210 Å². The fourth-order valence-corrected chi connectivity index (χ4v) is 3.79. The maximum absolute atomic E-state index is 12.9. The summed E-state index contributed by atoms with van der Waals surface area (Å²) in [6, 6.07) is 16.6. The van der Waals surface area contributed by atoms with Gasteiger partial charge in [-0.05, 0) is 43.7 Å². The van der Waals surface area contributed by atoms with Crippen molar-refractivity contribution in [2.75, 3.05) is 23.4 Å². The van der Waals surface area contributed by atoms with Gasteiger partial charge in [0.25, 0.3) is 23.2 Å². The first-order chi connectivity index (χ1) is 17.7. The molecule has 1 aliphatic heterocycles. The summed E-state index contributed by atoms with van der Waals surface area (Å²) in [4.78, 5) is 47.9. The van der Waals surface area contributed by atoms with Gasteiger partial charge in [0.15, 0.2) is 6.10 Å². The zero-order chi connectivity index (χ0) is 26.5. The van der Waals surface area contributed by atoms with Crippen molar-refractivity contribution in [1.82, 2.24) is 0 Å². The van der Waals surface area contributed by atoms with Crippen LogP contribution in [0.4, 0.5) is 22.7 Å². The number of ether oxygens (including phenoxy) is 2. The minimum atomic E-state index is -0.813. The number of hydrogen-bond acceptors (Lipinski definition) is 8. The Hall–Kier alpha value is -5.00. The Morgan fingerprint density at radius 3 is 2.35 bits per heavy atom. The van der Waals surface area contributed by atoms with Crippen molar-refractivity contribution in [3.63, 3.8) is 0 Å². The van der Waals surface area contributed by atoms with Crippen LogP contribution in [0, 0.1) is 20.2 Å². The Bertz CT molecular complexity index is 1330. The lowest BCUT2D eigenvalue weighted by Gasteiger charge is -2.33. The normalized spacial score (nSPS) is 14.4. The number of carbonyl (C=O) groups excluding carboxylic acids is 2. The van der Waals surface area contributed by atoms with Crippen molar-refractivity contribution in [1.29, 1.82) is 0 Å². The molecule has 4 rings (SSSR count). The topological polar surface area (TPSA) is 154 Å². The standard InChI is InChI=1S/C25H22N4O8/c1-16-25(31)27(10-5-11-36-21-6-3-2-4-7-21)22-14-18(8-9-23(22)37-16)26-24(30)17-12-19(28(32)33)15-20(13-17)29(34)35/h2-4,6-9,12-16H,5,10-11H2,1H3,(H,26,30). The summed E-state index contributed by atoms with van der Waals surface area (Å²) in [5.41, 5.74) is -0.710. The molecule has 0 radical (unpaired) electrons. The van der Waals surface area contributed by atoms with Gasteiger partial charge < -0.3 is 19.7 Å². The summed E-state index contributed by atoms with van der Waals surface area (Å²) in [5.74, 6) is 0.118. The molecule has 0 bridgehead atoms. The molecule has 1 aliphatic rings. The van der Waals surface area contributed by atoms with Crippen molar-refractivity contribution in [2.45, 2.75) is 19.4 Å². The van der Waals surface area contributed by atoms with Crippen LogP contribution in [0.5, 0.6) is 11.5 Å². The molecule has 190 valence electrons. The van der Waals surface area contributed by atoms with Gasteiger partial charge in [0.05, 0.1) is 33.8 Å². The highest BCUT2D eigenvalue weighted by atomic mass is 16.6. The van der Waals surface area contributed by atoms with Crippen LogP contribution in [0.1, 0.15) is 23.7 Å². The summed E-state index contributed by atoms with van der Waals surface area (Å²) >= 11 is 0. The van der Waals surface area contributed by atoms with E-state index in [1.54, 1.807) is 30.0 Å². The lowest BCUT2D eigenvalue weighted by Crippen LogP contribution is -2.45. The van der Waals surface area contributed by atoms with Gasteiger partial charge in [-0.3, -0.25) is 29.8 Å². The second kappa shape index (κ2) is 10.7. The molecule has 0 fully saturated rings. The second-order valence-electron chi connectivity index (χ2n) is 8.15. The predicted octanol–water partition coefficient (Wildman–Crippen LogP) is 4.34. The number of benzene rings is 3. The number of carbonyl (C=O) groups is 2. The molecule has 0 saturated heterocycles. The van der Waals surface area contributed by atoms with Gasteiger partial charge in [-0.15, -0.1) is 0 Å². The van der Waals surface area contributed by atoms with Crippen molar-refractivity contribution in [3.05, 3.63) is 92.5 Å². The largest absolute Gasteiger partial charge is 0.494 e. The number of rotatable bonds is 9.